The third kappa shape index (κ3) is 1.83. The lowest BCUT2D eigenvalue weighted by Crippen LogP contribution is -2.16. The zero-order valence-corrected chi connectivity index (χ0v) is 9.65. The fraction of sp³-hybridized carbons (Fsp3) is 0.100. The third-order valence-electron chi connectivity index (χ3n) is 2.31. The summed E-state index contributed by atoms with van der Waals surface area (Å²) in [6.07, 6.45) is 0. The summed E-state index contributed by atoms with van der Waals surface area (Å²) in [4.78, 5) is 11.1. The van der Waals surface area contributed by atoms with Crippen molar-refractivity contribution in [2.45, 2.75) is 0 Å². The van der Waals surface area contributed by atoms with E-state index in [1.54, 1.807) is 12.1 Å². The average molecular weight is 253 g/mol. The number of fused-ring (bicyclic) bond motifs is 1. The molecule has 0 fully saturated rings. The van der Waals surface area contributed by atoms with Gasteiger partial charge in [0, 0.05) is 5.39 Å². The minimum absolute atomic E-state index is 0.0677. The summed E-state index contributed by atoms with van der Waals surface area (Å²) in [6, 6.07) is 3.15. The number of amides is 1. The minimum Gasteiger partial charge on any atom is -0.495 e. The Hall–Kier alpha value is -2.08. The van der Waals surface area contributed by atoms with Gasteiger partial charge in [0.15, 0.2) is 5.69 Å². The van der Waals surface area contributed by atoms with E-state index in [1.807, 2.05) is 0 Å². The molecule has 0 aliphatic carbocycles. The van der Waals surface area contributed by atoms with Gasteiger partial charge in [0.1, 0.15) is 5.75 Å². The Kier molecular flexibility index (Phi) is 2.72. The van der Waals surface area contributed by atoms with Crippen molar-refractivity contribution in [1.29, 1.82) is 0 Å². The SMILES string of the molecule is COc1cc2c(N)c(C(N)=O)nnc2cc1Cl. The highest BCUT2D eigenvalue weighted by Gasteiger charge is 2.14. The van der Waals surface area contributed by atoms with E-state index >= 15 is 0 Å². The number of primary amides is 1. The van der Waals surface area contributed by atoms with Crippen LogP contribution in [0.4, 0.5) is 5.69 Å². The zero-order chi connectivity index (χ0) is 12.6. The number of nitrogens with two attached hydrogens (primary N) is 2. The van der Waals surface area contributed by atoms with Gasteiger partial charge in [-0.05, 0) is 12.1 Å². The molecule has 4 N–H and O–H groups in total. The maximum absolute atomic E-state index is 11.1. The van der Waals surface area contributed by atoms with Crippen molar-refractivity contribution < 1.29 is 9.53 Å². The molecule has 0 unspecified atom stereocenters. The average Bonchev–Trinajstić information content (AvgIpc) is 2.28. The number of benzene rings is 1. The number of halogens is 1. The van der Waals surface area contributed by atoms with Crippen LogP contribution >= 0.6 is 11.6 Å². The van der Waals surface area contributed by atoms with Gasteiger partial charge >= 0.3 is 0 Å². The van der Waals surface area contributed by atoms with Crippen LogP contribution in [-0.4, -0.2) is 23.2 Å². The summed E-state index contributed by atoms with van der Waals surface area (Å²) in [5, 5.41) is 8.39. The van der Waals surface area contributed by atoms with Crippen LogP contribution in [-0.2, 0) is 0 Å². The van der Waals surface area contributed by atoms with E-state index in [1.165, 1.54) is 7.11 Å². The van der Waals surface area contributed by atoms with Gasteiger partial charge in [0.25, 0.3) is 5.91 Å². The van der Waals surface area contributed by atoms with E-state index in [2.05, 4.69) is 10.2 Å². The highest BCUT2D eigenvalue weighted by atomic mass is 35.5. The molecule has 7 heteroatoms. The van der Waals surface area contributed by atoms with E-state index in [4.69, 9.17) is 27.8 Å². The number of hydrogen-bond acceptors (Lipinski definition) is 5. The number of hydrogen-bond donors (Lipinski definition) is 2. The summed E-state index contributed by atoms with van der Waals surface area (Å²) < 4.78 is 5.06. The standard InChI is InChI=1S/C10H9ClN4O2/c1-17-7-2-4-6(3-5(7)11)14-15-9(8(4)12)10(13)16/h2-3H,1H3,(H2,12,14)(H2,13,16). The van der Waals surface area contributed by atoms with Gasteiger partial charge in [0.2, 0.25) is 0 Å². The molecule has 0 aliphatic rings. The number of aromatic nitrogens is 2. The molecule has 17 heavy (non-hydrogen) atoms. The summed E-state index contributed by atoms with van der Waals surface area (Å²) in [7, 11) is 1.48. The lowest BCUT2D eigenvalue weighted by atomic mass is 10.1. The summed E-state index contributed by atoms with van der Waals surface area (Å²) in [5.74, 6) is -0.292. The van der Waals surface area contributed by atoms with Gasteiger partial charge in [-0.15, -0.1) is 10.2 Å². The molecule has 88 valence electrons. The van der Waals surface area contributed by atoms with Crippen LogP contribution in [0.1, 0.15) is 10.5 Å². The summed E-state index contributed by atoms with van der Waals surface area (Å²) in [6.45, 7) is 0. The summed E-state index contributed by atoms with van der Waals surface area (Å²) in [5.41, 5.74) is 11.5. The minimum atomic E-state index is -0.731. The van der Waals surface area contributed by atoms with Gasteiger partial charge in [0.05, 0.1) is 23.3 Å². The van der Waals surface area contributed by atoms with E-state index in [-0.39, 0.29) is 11.4 Å². The van der Waals surface area contributed by atoms with Crippen LogP contribution in [0, 0.1) is 0 Å². The topological polar surface area (TPSA) is 104 Å². The lowest BCUT2D eigenvalue weighted by molar-refractivity contribution is 0.0996. The largest absolute Gasteiger partial charge is 0.495 e. The molecule has 2 rings (SSSR count). The van der Waals surface area contributed by atoms with Gasteiger partial charge in [-0.2, -0.15) is 0 Å². The molecule has 0 atom stereocenters. The molecule has 1 aromatic carbocycles. The Morgan fingerprint density at radius 3 is 2.71 bits per heavy atom. The number of methoxy groups -OCH3 is 1. The predicted octanol–water partition coefficient (Wildman–Crippen LogP) is 0.973. The fourth-order valence-corrected chi connectivity index (χ4v) is 1.70. The van der Waals surface area contributed by atoms with Crippen molar-refractivity contribution in [2.75, 3.05) is 12.8 Å². The van der Waals surface area contributed by atoms with E-state index in [9.17, 15) is 4.79 Å². The first-order valence-electron chi connectivity index (χ1n) is 4.63. The first-order valence-corrected chi connectivity index (χ1v) is 5.01. The number of carbonyl (C=O) groups excluding carboxylic acids is 1. The molecule has 1 amide bonds. The monoisotopic (exact) mass is 252 g/mol. The van der Waals surface area contributed by atoms with Gasteiger partial charge in [-0.25, -0.2) is 0 Å². The molecular formula is C10H9ClN4O2. The van der Waals surface area contributed by atoms with Crippen LogP contribution in [0.5, 0.6) is 5.75 Å². The number of nitrogen functional groups attached to an aromatic ring is 1. The third-order valence-corrected chi connectivity index (χ3v) is 2.60. The number of carbonyl (C=O) groups is 1. The predicted molar refractivity (Wildman–Crippen MR) is 64.0 cm³/mol. The van der Waals surface area contributed by atoms with Crippen LogP contribution in [0.2, 0.25) is 5.02 Å². The van der Waals surface area contributed by atoms with Crippen molar-refractivity contribution in [1.82, 2.24) is 10.2 Å². The number of rotatable bonds is 2. The highest BCUT2D eigenvalue weighted by molar-refractivity contribution is 6.33. The maximum Gasteiger partial charge on any atom is 0.271 e. The Morgan fingerprint density at radius 2 is 2.12 bits per heavy atom. The lowest BCUT2D eigenvalue weighted by Gasteiger charge is -2.07. The second-order valence-corrected chi connectivity index (χ2v) is 3.74. The van der Waals surface area contributed by atoms with Crippen LogP contribution in [0.25, 0.3) is 10.9 Å². The molecule has 0 spiro atoms. The molecule has 1 aromatic heterocycles. The zero-order valence-electron chi connectivity index (χ0n) is 8.90. The second kappa shape index (κ2) is 4.06. The van der Waals surface area contributed by atoms with Gasteiger partial charge < -0.3 is 16.2 Å². The molecule has 0 aliphatic heterocycles. The van der Waals surface area contributed by atoms with Crippen molar-refractivity contribution in [3.63, 3.8) is 0 Å². The number of anilines is 1. The van der Waals surface area contributed by atoms with Crippen molar-refractivity contribution in [3.8, 4) is 5.75 Å². The first-order chi connectivity index (χ1) is 8.04. The maximum atomic E-state index is 11.1. The Labute approximate surface area is 102 Å². The van der Waals surface area contributed by atoms with E-state index < -0.39 is 5.91 Å². The first kappa shape index (κ1) is 11.4. The van der Waals surface area contributed by atoms with E-state index in [0.717, 1.165) is 0 Å². The smallest absolute Gasteiger partial charge is 0.271 e. The van der Waals surface area contributed by atoms with Crippen molar-refractivity contribution in [3.05, 3.63) is 22.8 Å². The second-order valence-electron chi connectivity index (χ2n) is 3.33. The highest BCUT2D eigenvalue weighted by Crippen LogP contribution is 2.31. The fourth-order valence-electron chi connectivity index (χ4n) is 1.47. The van der Waals surface area contributed by atoms with Crippen molar-refractivity contribution >= 4 is 34.1 Å². The molecule has 0 saturated heterocycles. The van der Waals surface area contributed by atoms with Gasteiger partial charge in [-0.1, -0.05) is 11.6 Å². The van der Waals surface area contributed by atoms with E-state index in [0.29, 0.717) is 21.7 Å². The Bertz CT molecular complexity index is 615. The molecule has 2 aromatic rings. The molecule has 0 radical (unpaired) electrons. The van der Waals surface area contributed by atoms with Crippen LogP contribution in [0.3, 0.4) is 0 Å². The molecule has 6 nitrogen and oxygen atoms in total. The Morgan fingerprint density at radius 1 is 1.41 bits per heavy atom. The van der Waals surface area contributed by atoms with Crippen LogP contribution in [0.15, 0.2) is 12.1 Å². The molecular weight excluding hydrogens is 244 g/mol. The van der Waals surface area contributed by atoms with Crippen molar-refractivity contribution in [2.24, 2.45) is 5.73 Å². The molecule has 0 saturated carbocycles. The van der Waals surface area contributed by atoms with Crippen LogP contribution < -0.4 is 16.2 Å². The quantitative estimate of drug-likeness (QED) is 0.829. The number of ether oxygens (including phenoxy) is 1. The molecule has 0 bridgehead atoms. The normalized spacial score (nSPS) is 10.5. The Balaban J connectivity index is 2.80. The summed E-state index contributed by atoms with van der Waals surface area (Å²) >= 11 is 5.93. The van der Waals surface area contributed by atoms with Gasteiger partial charge in [-0.3, -0.25) is 4.79 Å². The number of nitrogens with zero attached hydrogens (tertiary/aromatic N) is 2. The molecule has 1 heterocycles.